The van der Waals surface area contributed by atoms with Gasteiger partial charge in [-0.2, -0.15) is 0 Å². The fraction of sp³-hybridized carbons (Fsp3) is 0.875. The second-order valence-corrected chi connectivity index (χ2v) is 17.4. The molecule has 10 heterocycles. The number of aliphatic hydroxyl groups is 2. The molecule has 0 saturated carbocycles. The van der Waals surface area contributed by atoms with Crippen molar-refractivity contribution in [2.45, 2.75) is 194 Å². The Bertz CT molecular complexity index is 1370. The van der Waals surface area contributed by atoms with Crippen LogP contribution in [-0.4, -0.2) is 133 Å². The Labute approximate surface area is 306 Å². The first-order chi connectivity index (χ1) is 25.1. The van der Waals surface area contributed by atoms with E-state index < -0.39 is 24.1 Å². The van der Waals surface area contributed by atoms with Crippen molar-refractivity contribution >= 4 is 5.78 Å². The number of ketones is 1. The third-order valence-electron chi connectivity index (χ3n) is 13.9. The molecule has 10 fully saturated rings. The summed E-state index contributed by atoms with van der Waals surface area (Å²) < 4.78 is 59.8. The summed E-state index contributed by atoms with van der Waals surface area (Å²) in [4.78, 5) is 14.0. The van der Waals surface area contributed by atoms with Crippen LogP contribution in [0.15, 0.2) is 24.3 Å². The van der Waals surface area contributed by atoms with Gasteiger partial charge in [-0.05, 0) is 62.0 Å². The van der Waals surface area contributed by atoms with E-state index in [9.17, 15) is 15.0 Å². The summed E-state index contributed by atoms with van der Waals surface area (Å²) >= 11 is 0. The van der Waals surface area contributed by atoms with E-state index in [1.165, 1.54) is 0 Å². The number of carbonyl (C=O) groups excluding carboxylic acids is 1. The predicted octanol–water partition coefficient (Wildman–Crippen LogP) is 3.47. The normalized spacial score (nSPS) is 52.4. The standard InChI is InChI=1S/C40H58O12/c1-19-11-24-5-7-28-20(2)12-26(45-28)9-10-40-17-33-36(51-40)37-38(50-33)39(52-40)35-29(49-37)8-6-25(47-35)13-22(42)14-27-31(16-30(46-24)21(19)3)48-32(34(27)44-4)15-23(43)18-41/h19,23-39,41,43H,2-3,5-18H2,1,4H3/t19-,23+,24+,25-,26+,27+,28+,29+,30-,31+,32-,33-,34-,35+,36+,37+,38-,39-,40+/m1/s1. The Morgan fingerprint density at radius 3 is 2.37 bits per heavy atom. The molecule has 12 bridgehead atoms. The molecule has 19 atom stereocenters. The lowest BCUT2D eigenvalue weighted by Gasteiger charge is -2.47. The highest BCUT2D eigenvalue weighted by Gasteiger charge is 2.68. The smallest absolute Gasteiger partial charge is 0.172 e. The summed E-state index contributed by atoms with van der Waals surface area (Å²) in [6, 6.07) is 0. The molecule has 0 aromatic carbocycles. The molecule has 10 aliphatic rings. The fourth-order valence-corrected chi connectivity index (χ4v) is 11.3. The highest BCUT2D eigenvalue weighted by Crippen LogP contribution is 2.54. The van der Waals surface area contributed by atoms with Crippen molar-refractivity contribution in [1.29, 1.82) is 0 Å². The van der Waals surface area contributed by atoms with E-state index in [1.807, 2.05) is 0 Å². The van der Waals surface area contributed by atoms with E-state index in [1.54, 1.807) is 7.11 Å². The van der Waals surface area contributed by atoms with Gasteiger partial charge in [0.25, 0.3) is 0 Å². The van der Waals surface area contributed by atoms with Gasteiger partial charge in [0, 0.05) is 51.6 Å². The van der Waals surface area contributed by atoms with Crippen LogP contribution in [-0.2, 0) is 47.4 Å². The van der Waals surface area contributed by atoms with Crippen LogP contribution in [0.3, 0.4) is 0 Å². The van der Waals surface area contributed by atoms with Gasteiger partial charge in [-0.15, -0.1) is 0 Å². The molecule has 10 rings (SSSR count). The average Bonchev–Trinajstić information content (AvgIpc) is 3.79. The largest absolute Gasteiger partial charge is 0.394 e. The van der Waals surface area contributed by atoms with Crippen molar-refractivity contribution in [3.05, 3.63) is 24.3 Å². The maximum absolute atomic E-state index is 14.0. The molecule has 0 amide bonds. The monoisotopic (exact) mass is 730 g/mol. The molecule has 0 radical (unpaired) electrons. The van der Waals surface area contributed by atoms with E-state index in [2.05, 4.69) is 20.1 Å². The molecule has 0 aliphatic carbocycles. The van der Waals surface area contributed by atoms with Gasteiger partial charge in [-0.1, -0.05) is 20.1 Å². The molecule has 12 nitrogen and oxygen atoms in total. The van der Waals surface area contributed by atoms with E-state index in [-0.39, 0.29) is 123 Å². The number of methoxy groups -OCH3 is 1. The first kappa shape index (κ1) is 36.4. The van der Waals surface area contributed by atoms with Crippen LogP contribution >= 0.6 is 0 Å². The number of rotatable bonds is 4. The molecular weight excluding hydrogens is 672 g/mol. The van der Waals surface area contributed by atoms with Crippen LogP contribution in [0.2, 0.25) is 0 Å². The Kier molecular flexibility index (Phi) is 10.0. The lowest BCUT2D eigenvalue weighted by Crippen LogP contribution is -2.61. The number of ether oxygens (including phenoxy) is 9. The summed E-state index contributed by atoms with van der Waals surface area (Å²) in [6.07, 6.45) is 4.01. The summed E-state index contributed by atoms with van der Waals surface area (Å²) in [5.41, 5.74) is 2.17. The molecule has 12 heteroatoms. The molecule has 2 N–H and O–H groups in total. The molecule has 0 aromatic heterocycles. The maximum atomic E-state index is 14.0. The van der Waals surface area contributed by atoms with Crippen LogP contribution < -0.4 is 0 Å². The van der Waals surface area contributed by atoms with Crippen LogP contribution in [0.1, 0.15) is 90.4 Å². The van der Waals surface area contributed by atoms with Crippen molar-refractivity contribution < 1.29 is 57.6 Å². The molecule has 10 saturated heterocycles. The molecule has 52 heavy (non-hydrogen) atoms. The number of hydrogen-bond acceptors (Lipinski definition) is 12. The minimum atomic E-state index is -0.951. The zero-order chi connectivity index (χ0) is 35.9. The SMILES string of the molecule is C=C1C[C@@H]2CC[C@@]34C[C@H]5O[C@@H]6[C@@H](O[C@H]7CC[C@H](CC(=O)C[C@@H]8[C@@H](OC)[C@@H](C[C@H](O)CO)O[C@H]8C[C@H]8O[C@@H](CC[C@@H]1O2)C[C@@H](C)C8=C)O[C@@H]7[C@H]6O3)[C@H]5O4. The third-order valence-corrected chi connectivity index (χ3v) is 13.9. The highest BCUT2D eigenvalue weighted by molar-refractivity contribution is 5.79. The molecule has 0 aromatic rings. The summed E-state index contributed by atoms with van der Waals surface area (Å²) in [6.45, 7) is 10.7. The number of carbonyl (C=O) groups is 1. The molecule has 0 unspecified atom stereocenters. The zero-order valence-corrected chi connectivity index (χ0v) is 30.7. The van der Waals surface area contributed by atoms with Crippen molar-refractivity contribution in [2.24, 2.45) is 11.8 Å². The highest BCUT2D eigenvalue weighted by atomic mass is 16.8. The number of fused-ring (bicyclic) bond motifs is 6. The number of hydrogen-bond donors (Lipinski definition) is 2. The van der Waals surface area contributed by atoms with Crippen LogP contribution in [0.25, 0.3) is 0 Å². The van der Waals surface area contributed by atoms with Gasteiger partial charge in [0.15, 0.2) is 5.79 Å². The van der Waals surface area contributed by atoms with E-state index in [0.717, 1.165) is 49.7 Å². The van der Waals surface area contributed by atoms with Crippen LogP contribution in [0, 0.1) is 11.8 Å². The van der Waals surface area contributed by atoms with Crippen molar-refractivity contribution in [3.63, 3.8) is 0 Å². The molecule has 10 aliphatic heterocycles. The minimum absolute atomic E-state index is 0.0260. The Balaban J connectivity index is 0.994. The number of Topliss-reactive ketones (excluding diaryl/α,β-unsaturated/α-hetero) is 1. The fourth-order valence-electron chi connectivity index (χ4n) is 11.3. The van der Waals surface area contributed by atoms with E-state index in [4.69, 9.17) is 42.6 Å². The molecular formula is C40H58O12. The van der Waals surface area contributed by atoms with Gasteiger partial charge < -0.3 is 52.8 Å². The Morgan fingerprint density at radius 2 is 1.54 bits per heavy atom. The summed E-state index contributed by atoms with van der Waals surface area (Å²) in [7, 11) is 1.63. The van der Waals surface area contributed by atoms with Gasteiger partial charge in [-0.3, -0.25) is 4.79 Å². The minimum Gasteiger partial charge on any atom is -0.394 e. The van der Waals surface area contributed by atoms with Crippen molar-refractivity contribution in [2.75, 3.05) is 13.7 Å². The number of aliphatic hydroxyl groups excluding tert-OH is 2. The zero-order valence-electron chi connectivity index (χ0n) is 30.7. The van der Waals surface area contributed by atoms with Gasteiger partial charge in [0.05, 0.1) is 73.8 Å². The maximum Gasteiger partial charge on any atom is 0.172 e. The van der Waals surface area contributed by atoms with Gasteiger partial charge in [-0.25, -0.2) is 0 Å². The van der Waals surface area contributed by atoms with Gasteiger partial charge in [0.2, 0.25) is 0 Å². The van der Waals surface area contributed by atoms with E-state index >= 15 is 0 Å². The third kappa shape index (κ3) is 6.59. The second kappa shape index (κ2) is 14.3. The van der Waals surface area contributed by atoms with Crippen molar-refractivity contribution in [3.8, 4) is 0 Å². The lowest BCUT2D eigenvalue weighted by molar-refractivity contribution is -0.292. The second-order valence-electron chi connectivity index (χ2n) is 17.4. The molecule has 1 spiro atoms. The van der Waals surface area contributed by atoms with E-state index in [0.29, 0.717) is 25.7 Å². The first-order valence-electron chi connectivity index (χ1n) is 20.1. The summed E-state index contributed by atoms with van der Waals surface area (Å²) in [5.74, 6) is -0.709. The first-order valence-corrected chi connectivity index (χ1v) is 20.1. The van der Waals surface area contributed by atoms with Crippen LogP contribution in [0.4, 0.5) is 0 Å². The molecule has 290 valence electrons. The Morgan fingerprint density at radius 1 is 0.788 bits per heavy atom. The summed E-state index contributed by atoms with van der Waals surface area (Å²) in [5, 5.41) is 20.1. The van der Waals surface area contributed by atoms with Crippen molar-refractivity contribution in [1.82, 2.24) is 0 Å². The lowest BCUT2D eigenvalue weighted by atomic mass is 9.81. The average molecular weight is 731 g/mol. The topological polar surface area (TPSA) is 141 Å². The predicted molar refractivity (Wildman–Crippen MR) is 184 cm³/mol. The van der Waals surface area contributed by atoms with Gasteiger partial charge >= 0.3 is 0 Å². The quantitative estimate of drug-likeness (QED) is 0.410. The van der Waals surface area contributed by atoms with Gasteiger partial charge in [0.1, 0.15) is 36.3 Å². The Hall–Kier alpha value is -1.29. The van der Waals surface area contributed by atoms with Crippen LogP contribution in [0.5, 0.6) is 0 Å².